The van der Waals surface area contributed by atoms with Crippen molar-refractivity contribution in [2.75, 3.05) is 0 Å². The average Bonchev–Trinajstić information content (AvgIpc) is 2.37. The van der Waals surface area contributed by atoms with Gasteiger partial charge in [0, 0.05) is 6.04 Å². The summed E-state index contributed by atoms with van der Waals surface area (Å²) < 4.78 is 32.8. The van der Waals surface area contributed by atoms with E-state index in [1.807, 2.05) is 6.92 Å². The summed E-state index contributed by atoms with van der Waals surface area (Å²) in [4.78, 5) is 0. The number of rotatable bonds is 4. The van der Waals surface area contributed by atoms with Gasteiger partial charge in [0.1, 0.15) is 0 Å². The maximum Gasteiger partial charge on any atom is 0.184 e. The third kappa shape index (κ3) is 3.46. The first-order chi connectivity index (χ1) is 9.47. The second kappa shape index (κ2) is 6.20. The zero-order valence-corrected chi connectivity index (χ0v) is 11.6. The number of hydrogen-bond donors (Lipinski definition) is 1. The Hall–Kier alpha value is -1.65. The predicted octanol–water partition coefficient (Wildman–Crippen LogP) is 4.30. The Kier molecular flexibility index (Phi) is 4.57. The summed E-state index contributed by atoms with van der Waals surface area (Å²) in [5.41, 5.74) is 6.42. The van der Waals surface area contributed by atoms with Crippen molar-refractivity contribution in [2.24, 2.45) is 5.73 Å². The van der Waals surface area contributed by atoms with Gasteiger partial charge in [-0.15, -0.1) is 0 Å². The molecule has 0 aliphatic carbocycles. The third-order valence-electron chi connectivity index (χ3n) is 2.69. The molecule has 0 bridgehead atoms. The molecule has 0 spiro atoms. The predicted molar refractivity (Wildman–Crippen MR) is 75.2 cm³/mol. The van der Waals surface area contributed by atoms with Crippen molar-refractivity contribution in [3.8, 4) is 11.5 Å². The maximum atomic E-state index is 13.9. The number of ether oxygens (including phenoxy) is 1. The fourth-order valence-electron chi connectivity index (χ4n) is 1.81. The SMILES string of the molecule is CC(N)Cc1ccc(Oc2cccc(Cl)c2F)c(F)c1. The molecule has 2 aromatic rings. The molecule has 0 saturated carbocycles. The van der Waals surface area contributed by atoms with E-state index >= 15 is 0 Å². The van der Waals surface area contributed by atoms with Gasteiger partial charge >= 0.3 is 0 Å². The van der Waals surface area contributed by atoms with Crippen LogP contribution in [-0.4, -0.2) is 6.04 Å². The summed E-state index contributed by atoms with van der Waals surface area (Å²) in [6.07, 6.45) is 0.558. The van der Waals surface area contributed by atoms with E-state index in [9.17, 15) is 8.78 Å². The van der Waals surface area contributed by atoms with Crippen LogP contribution < -0.4 is 10.5 Å². The quantitative estimate of drug-likeness (QED) is 0.913. The van der Waals surface area contributed by atoms with E-state index in [0.29, 0.717) is 6.42 Å². The summed E-state index contributed by atoms with van der Waals surface area (Å²) in [5.74, 6) is -1.45. The number of benzene rings is 2. The van der Waals surface area contributed by atoms with Crippen LogP contribution in [0.1, 0.15) is 12.5 Å². The molecular formula is C15H14ClF2NO. The average molecular weight is 298 g/mol. The molecule has 106 valence electrons. The van der Waals surface area contributed by atoms with Crippen molar-refractivity contribution in [2.45, 2.75) is 19.4 Å². The summed E-state index contributed by atoms with van der Waals surface area (Å²) in [5, 5.41) is -0.0727. The standard InChI is InChI=1S/C15H14ClF2NO/c1-9(19)7-10-5-6-13(12(17)8-10)20-14-4-2-3-11(16)15(14)18/h2-6,8-9H,7,19H2,1H3. The Morgan fingerprint density at radius 3 is 2.60 bits per heavy atom. The topological polar surface area (TPSA) is 35.2 Å². The number of nitrogens with two attached hydrogens (primary N) is 1. The molecule has 2 N–H and O–H groups in total. The summed E-state index contributed by atoms with van der Waals surface area (Å²) >= 11 is 5.64. The van der Waals surface area contributed by atoms with Gasteiger partial charge in [0.2, 0.25) is 0 Å². The van der Waals surface area contributed by atoms with Crippen molar-refractivity contribution < 1.29 is 13.5 Å². The number of halogens is 3. The van der Waals surface area contributed by atoms with Gasteiger partial charge in [0.15, 0.2) is 23.1 Å². The van der Waals surface area contributed by atoms with Gasteiger partial charge < -0.3 is 10.5 Å². The first kappa shape index (κ1) is 14.8. The second-order valence-electron chi connectivity index (χ2n) is 4.60. The van der Waals surface area contributed by atoms with Crippen molar-refractivity contribution in [1.29, 1.82) is 0 Å². The fraction of sp³-hybridized carbons (Fsp3) is 0.200. The molecule has 20 heavy (non-hydrogen) atoms. The first-order valence-electron chi connectivity index (χ1n) is 6.13. The van der Waals surface area contributed by atoms with Crippen LogP contribution in [0.25, 0.3) is 0 Å². The highest BCUT2D eigenvalue weighted by Crippen LogP contribution is 2.30. The van der Waals surface area contributed by atoms with E-state index in [0.717, 1.165) is 5.56 Å². The van der Waals surface area contributed by atoms with Crippen molar-refractivity contribution in [1.82, 2.24) is 0 Å². The van der Waals surface area contributed by atoms with E-state index in [-0.39, 0.29) is 22.6 Å². The van der Waals surface area contributed by atoms with Crippen molar-refractivity contribution in [3.63, 3.8) is 0 Å². The van der Waals surface area contributed by atoms with Crippen LogP contribution in [0.2, 0.25) is 5.02 Å². The van der Waals surface area contributed by atoms with E-state index in [1.54, 1.807) is 6.07 Å². The van der Waals surface area contributed by atoms with Crippen molar-refractivity contribution in [3.05, 3.63) is 58.6 Å². The van der Waals surface area contributed by atoms with Gasteiger partial charge in [-0.3, -0.25) is 0 Å². The molecular weight excluding hydrogens is 284 g/mol. The lowest BCUT2D eigenvalue weighted by Crippen LogP contribution is -2.17. The van der Waals surface area contributed by atoms with Crippen LogP contribution >= 0.6 is 11.6 Å². The highest BCUT2D eigenvalue weighted by molar-refractivity contribution is 6.30. The highest BCUT2D eigenvalue weighted by Gasteiger charge is 2.12. The Bertz CT molecular complexity index is 617. The molecule has 0 aromatic heterocycles. The lowest BCUT2D eigenvalue weighted by Gasteiger charge is -2.10. The smallest absolute Gasteiger partial charge is 0.184 e. The van der Waals surface area contributed by atoms with Gasteiger partial charge in [0.25, 0.3) is 0 Å². The molecule has 0 radical (unpaired) electrons. The zero-order chi connectivity index (χ0) is 14.7. The molecule has 5 heteroatoms. The van der Waals surface area contributed by atoms with Crippen LogP contribution in [-0.2, 0) is 6.42 Å². The van der Waals surface area contributed by atoms with E-state index in [4.69, 9.17) is 22.1 Å². The van der Waals surface area contributed by atoms with Gasteiger partial charge in [0.05, 0.1) is 5.02 Å². The largest absolute Gasteiger partial charge is 0.451 e. The molecule has 1 atom stereocenters. The van der Waals surface area contributed by atoms with Gasteiger partial charge in [-0.1, -0.05) is 23.7 Å². The minimum Gasteiger partial charge on any atom is -0.451 e. The molecule has 0 heterocycles. The normalized spacial score (nSPS) is 12.2. The Labute approximate surface area is 121 Å². The van der Waals surface area contributed by atoms with Gasteiger partial charge in [-0.25, -0.2) is 8.78 Å². The molecule has 0 saturated heterocycles. The molecule has 2 aromatic carbocycles. The van der Waals surface area contributed by atoms with Crippen LogP contribution in [0.5, 0.6) is 11.5 Å². The lowest BCUT2D eigenvalue weighted by atomic mass is 10.1. The van der Waals surface area contributed by atoms with E-state index in [2.05, 4.69) is 0 Å². The van der Waals surface area contributed by atoms with Crippen LogP contribution in [0.3, 0.4) is 0 Å². The van der Waals surface area contributed by atoms with Crippen LogP contribution in [0.4, 0.5) is 8.78 Å². The zero-order valence-electron chi connectivity index (χ0n) is 10.9. The molecule has 0 amide bonds. The molecule has 1 unspecified atom stereocenters. The Morgan fingerprint density at radius 1 is 1.20 bits per heavy atom. The maximum absolute atomic E-state index is 13.9. The lowest BCUT2D eigenvalue weighted by molar-refractivity contribution is 0.414. The van der Waals surface area contributed by atoms with E-state index in [1.165, 1.54) is 30.3 Å². The summed E-state index contributed by atoms with van der Waals surface area (Å²) in [7, 11) is 0. The third-order valence-corrected chi connectivity index (χ3v) is 2.98. The minimum absolute atomic E-state index is 0.0559. The van der Waals surface area contributed by atoms with Gasteiger partial charge in [-0.2, -0.15) is 0 Å². The summed E-state index contributed by atoms with van der Waals surface area (Å²) in [6.45, 7) is 1.84. The monoisotopic (exact) mass is 297 g/mol. The molecule has 2 rings (SSSR count). The fourth-order valence-corrected chi connectivity index (χ4v) is 1.97. The van der Waals surface area contributed by atoms with Crippen molar-refractivity contribution >= 4 is 11.6 Å². The molecule has 0 fully saturated rings. The summed E-state index contributed by atoms with van der Waals surface area (Å²) in [6, 6.07) is 8.73. The van der Waals surface area contributed by atoms with Gasteiger partial charge in [-0.05, 0) is 43.2 Å². The Balaban J connectivity index is 2.24. The number of hydrogen-bond acceptors (Lipinski definition) is 2. The molecule has 2 nitrogen and oxygen atoms in total. The second-order valence-corrected chi connectivity index (χ2v) is 5.01. The van der Waals surface area contributed by atoms with E-state index < -0.39 is 11.6 Å². The molecule has 0 aliphatic heterocycles. The van der Waals surface area contributed by atoms with Crippen LogP contribution in [0, 0.1) is 11.6 Å². The first-order valence-corrected chi connectivity index (χ1v) is 6.51. The molecule has 0 aliphatic rings. The van der Waals surface area contributed by atoms with Crippen LogP contribution in [0.15, 0.2) is 36.4 Å². The minimum atomic E-state index is -0.715. The Morgan fingerprint density at radius 2 is 1.95 bits per heavy atom. The highest BCUT2D eigenvalue weighted by atomic mass is 35.5.